The Kier molecular flexibility index (Phi) is 5.66. The lowest BCUT2D eigenvalue weighted by Gasteiger charge is -2.32. The Bertz CT molecular complexity index is 1190. The fourth-order valence-corrected chi connectivity index (χ4v) is 5.56. The predicted molar refractivity (Wildman–Crippen MR) is 128 cm³/mol. The van der Waals surface area contributed by atoms with E-state index in [-0.39, 0.29) is 11.8 Å². The fourth-order valence-electron chi connectivity index (χ4n) is 4.41. The van der Waals surface area contributed by atoms with E-state index >= 15 is 0 Å². The number of nitrogens with zero attached hydrogens (tertiary/aromatic N) is 2. The van der Waals surface area contributed by atoms with Crippen LogP contribution in [-0.2, 0) is 4.79 Å². The highest BCUT2D eigenvalue weighted by atomic mass is 32.2. The van der Waals surface area contributed by atoms with Crippen molar-refractivity contribution in [2.45, 2.75) is 12.5 Å². The van der Waals surface area contributed by atoms with Crippen LogP contribution in [-0.4, -0.2) is 64.5 Å². The van der Waals surface area contributed by atoms with Crippen LogP contribution in [0.4, 0.5) is 0 Å². The lowest BCUT2D eigenvalue weighted by Crippen LogP contribution is -2.50. The minimum Gasteiger partial charge on any atom is -0.497 e. The van der Waals surface area contributed by atoms with Crippen LogP contribution in [0.2, 0.25) is 0 Å². The molecule has 6 nitrogen and oxygen atoms in total. The van der Waals surface area contributed by atoms with E-state index in [1.165, 1.54) is 5.57 Å². The van der Waals surface area contributed by atoms with Gasteiger partial charge in [0.05, 0.1) is 13.0 Å². The first-order valence-corrected chi connectivity index (χ1v) is 11.9. The van der Waals surface area contributed by atoms with Crippen molar-refractivity contribution >= 4 is 40.1 Å². The molecule has 3 aromatic rings. The van der Waals surface area contributed by atoms with Crippen molar-refractivity contribution in [3.8, 4) is 5.75 Å². The summed E-state index contributed by atoms with van der Waals surface area (Å²) in [6.45, 7) is 1.20. The first kappa shape index (κ1) is 20.7. The Morgan fingerprint density at radius 1 is 1.16 bits per heavy atom. The summed E-state index contributed by atoms with van der Waals surface area (Å²) in [6, 6.07) is 14.8. The van der Waals surface area contributed by atoms with Crippen molar-refractivity contribution in [1.29, 1.82) is 0 Å². The zero-order chi connectivity index (χ0) is 22.1. The molecule has 32 heavy (non-hydrogen) atoms. The van der Waals surface area contributed by atoms with E-state index in [2.05, 4.69) is 11.1 Å². The Balaban J connectivity index is 1.31. The average molecular weight is 448 g/mol. The predicted octanol–water partition coefficient (Wildman–Crippen LogP) is 4.01. The molecule has 1 aromatic heterocycles. The molecule has 7 heteroatoms. The molecule has 0 saturated carbocycles. The van der Waals surface area contributed by atoms with Gasteiger partial charge in [0.25, 0.3) is 5.91 Å². The molecule has 1 N–H and O–H groups in total. The Morgan fingerprint density at radius 2 is 2.00 bits per heavy atom. The van der Waals surface area contributed by atoms with E-state index in [0.29, 0.717) is 30.3 Å². The number of benzene rings is 2. The molecule has 2 amide bonds. The number of ether oxygens (including phenoxy) is 1. The Labute approximate surface area is 191 Å². The third-order valence-corrected chi connectivity index (χ3v) is 7.22. The zero-order valence-corrected chi connectivity index (χ0v) is 18.7. The van der Waals surface area contributed by atoms with Gasteiger partial charge < -0.3 is 19.5 Å². The second kappa shape index (κ2) is 8.74. The largest absolute Gasteiger partial charge is 0.497 e. The molecule has 1 atom stereocenters. The summed E-state index contributed by atoms with van der Waals surface area (Å²) in [5.41, 5.74) is 4.08. The quantitative estimate of drug-likeness (QED) is 0.656. The van der Waals surface area contributed by atoms with Gasteiger partial charge in [0, 0.05) is 47.1 Å². The van der Waals surface area contributed by atoms with Gasteiger partial charge in [0.2, 0.25) is 5.91 Å². The molecule has 1 unspecified atom stereocenters. The maximum Gasteiger partial charge on any atom is 0.255 e. The van der Waals surface area contributed by atoms with E-state index in [1.807, 2.05) is 47.5 Å². The molecule has 164 valence electrons. The number of carbonyl (C=O) groups is 2. The minimum absolute atomic E-state index is 0.0372. The summed E-state index contributed by atoms with van der Waals surface area (Å²) < 4.78 is 5.38. The number of aromatic nitrogens is 1. The van der Waals surface area contributed by atoms with Gasteiger partial charge in [-0.25, -0.2) is 0 Å². The molecule has 0 spiro atoms. The summed E-state index contributed by atoms with van der Waals surface area (Å²) in [5.74, 6) is 1.99. The summed E-state index contributed by atoms with van der Waals surface area (Å²) in [4.78, 5) is 33.2. The number of hydrogen-bond acceptors (Lipinski definition) is 4. The van der Waals surface area contributed by atoms with Crippen LogP contribution in [0.15, 0.2) is 60.8 Å². The van der Waals surface area contributed by atoms with E-state index in [0.717, 1.165) is 28.6 Å². The summed E-state index contributed by atoms with van der Waals surface area (Å²) in [5, 5.41) is 1.13. The van der Waals surface area contributed by atoms with Gasteiger partial charge >= 0.3 is 0 Å². The first-order chi connectivity index (χ1) is 15.7. The number of fused-ring (bicyclic) bond motifs is 1. The first-order valence-electron chi connectivity index (χ1n) is 10.7. The summed E-state index contributed by atoms with van der Waals surface area (Å²) in [7, 11) is 1.67. The molecule has 0 radical (unpaired) electrons. The van der Waals surface area contributed by atoms with Crippen molar-refractivity contribution in [1.82, 2.24) is 14.8 Å². The molecule has 5 rings (SSSR count). The van der Waals surface area contributed by atoms with Crippen molar-refractivity contribution in [3.05, 3.63) is 71.9 Å². The van der Waals surface area contributed by atoms with E-state index in [4.69, 9.17) is 4.74 Å². The van der Waals surface area contributed by atoms with Crippen LogP contribution in [0, 0.1) is 0 Å². The maximum absolute atomic E-state index is 13.3. The number of thioether (sulfide) groups is 1. The van der Waals surface area contributed by atoms with E-state index in [1.54, 1.807) is 35.9 Å². The van der Waals surface area contributed by atoms with Gasteiger partial charge in [-0.1, -0.05) is 24.3 Å². The molecule has 0 bridgehead atoms. The monoisotopic (exact) mass is 447 g/mol. The molecular formula is C25H25N3O3S. The van der Waals surface area contributed by atoms with Gasteiger partial charge in [-0.3, -0.25) is 9.59 Å². The lowest BCUT2D eigenvalue weighted by atomic mass is 9.98. The number of rotatable bonds is 4. The number of amides is 2. The highest BCUT2D eigenvalue weighted by Gasteiger charge is 2.37. The molecule has 2 aromatic carbocycles. The smallest absolute Gasteiger partial charge is 0.255 e. The number of carbonyl (C=O) groups excluding carboxylic acids is 2. The van der Waals surface area contributed by atoms with Crippen LogP contribution in [0.25, 0.3) is 16.5 Å². The molecule has 2 aliphatic rings. The van der Waals surface area contributed by atoms with Crippen molar-refractivity contribution < 1.29 is 14.3 Å². The van der Waals surface area contributed by atoms with Gasteiger partial charge in [-0.2, -0.15) is 0 Å². The topological polar surface area (TPSA) is 65.6 Å². The molecule has 3 heterocycles. The number of aromatic amines is 1. The number of methoxy groups -OCH3 is 1. The van der Waals surface area contributed by atoms with Crippen molar-refractivity contribution in [3.63, 3.8) is 0 Å². The minimum atomic E-state index is -0.403. The van der Waals surface area contributed by atoms with Gasteiger partial charge in [-0.15, -0.1) is 11.8 Å². The summed E-state index contributed by atoms with van der Waals surface area (Å²) in [6.07, 6.45) is 4.94. The standard InChI is InChI=1S/C25H25N3O3S/c1-31-19-7-8-22-20(13-19)21(14-26-22)17-9-11-27(12-10-17)25(30)23-15-32-16-28(23)24(29)18-5-3-2-4-6-18/h2-9,13-14,23,26H,10-12,15-16H2,1H3. The van der Waals surface area contributed by atoms with Crippen molar-refractivity contribution in [2.24, 2.45) is 0 Å². The van der Waals surface area contributed by atoms with E-state index < -0.39 is 6.04 Å². The van der Waals surface area contributed by atoms with Crippen LogP contribution in [0.5, 0.6) is 5.75 Å². The molecule has 1 saturated heterocycles. The maximum atomic E-state index is 13.3. The van der Waals surface area contributed by atoms with Gasteiger partial charge in [-0.05, 0) is 42.3 Å². The van der Waals surface area contributed by atoms with Gasteiger partial charge in [0.1, 0.15) is 11.8 Å². The normalized spacial score (nSPS) is 18.7. The fraction of sp³-hybridized carbons (Fsp3) is 0.280. The highest BCUT2D eigenvalue weighted by Crippen LogP contribution is 2.32. The Hall–Kier alpha value is -3.19. The highest BCUT2D eigenvalue weighted by molar-refractivity contribution is 7.99. The van der Waals surface area contributed by atoms with Crippen LogP contribution >= 0.6 is 11.8 Å². The zero-order valence-electron chi connectivity index (χ0n) is 17.9. The average Bonchev–Trinajstić information content (AvgIpc) is 3.51. The third kappa shape index (κ3) is 3.77. The van der Waals surface area contributed by atoms with E-state index in [9.17, 15) is 9.59 Å². The lowest BCUT2D eigenvalue weighted by molar-refractivity contribution is -0.134. The number of H-pyrrole nitrogens is 1. The molecular weight excluding hydrogens is 422 g/mol. The SMILES string of the molecule is COc1ccc2[nH]cc(C3=CCN(C(=O)C4CSCN4C(=O)c4ccccc4)CC3)c2c1. The van der Waals surface area contributed by atoms with Gasteiger partial charge in [0.15, 0.2) is 0 Å². The van der Waals surface area contributed by atoms with Crippen LogP contribution in [0.3, 0.4) is 0 Å². The molecule has 2 aliphatic heterocycles. The molecule has 0 aliphatic carbocycles. The second-order valence-corrected chi connectivity index (χ2v) is 9.03. The number of nitrogens with one attached hydrogen (secondary N) is 1. The molecule has 1 fully saturated rings. The second-order valence-electron chi connectivity index (χ2n) is 8.03. The van der Waals surface area contributed by atoms with Crippen LogP contribution in [0.1, 0.15) is 22.3 Å². The van der Waals surface area contributed by atoms with Crippen LogP contribution < -0.4 is 4.74 Å². The third-order valence-electron chi connectivity index (χ3n) is 6.20. The van der Waals surface area contributed by atoms with Crippen molar-refractivity contribution in [2.75, 3.05) is 31.8 Å². The summed E-state index contributed by atoms with van der Waals surface area (Å²) >= 11 is 1.64. The number of hydrogen-bond donors (Lipinski definition) is 1. The Morgan fingerprint density at radius 3 is 2.75 bits per heavy atom.